The van der Waals surface area contributed by atoms with Gasteiger partial charge < -0.3 is 5.32 Å². The zero-order chi connectivity index (χ0) is 19.7. The second-order valence-electron chi connectivity index (χ2n) is 7.08. The van der Waals surface area contributed by atoms with Gasteiger partial charge in [0.25, 0.3) is 5.91 Å². The summed E-state index contributed by atoms with van der Waals surface area (Å²) < 4.78 is 1.87. The predicted molar refractivity (Wildman–Crippen MR) is 112 cm³/mol. The predicted octanol–water partition coefficient (Wildman–Crippen LogP) is 4.66. The van der Waals surface area contributed by atoms with Crippen LogP contribution in [0.5, 0.6) is 0 Å². The third-order valence-corrected chi connectivity index (χ3v) is 5.21. The number of hydrogen-bond acceptors (Lipinski definition) is 3. The summed E-state index contributed by atoms with van der Waals surface area (Å²) in [6, 6.07) is 19.6. The number of nitrogens with zero attached hydrogens (tertiary/aromatic N) is 3. The molecule has 0 aliphatic heterocycles. The Labute approximate surface area is 164 Å². The lowest BCUT2D eigenvalue weighted by atomic mass is 10.1. The largest absolute Gasteiger partial charge is 0.322 e. The van der Waals surface area contributed by atoms with Gasteiger partial charge in [0.15, 0.2) is 0 Å². The van der Waals surface area contributed by atoms with Gasteiger partial charge in [-0.1, -0.05) is 41.6 Å². The summed E-state index contributed by atoms with van der Waals surface area (Å²) in [5.41, 5.74) is 7.65. The van der Waals surface area contributed by atoms with Gasteiger partial charge >= 0.3 is 0 Å². The van der Waals surface area contributed by atoms with Crippen LogP contribution in [-0.4, -0.2) is 20.9 Å². The Morgan fingerprint density at radius 3 is 2.57 bits per heavy atom. The molecule has 0 unspecified atom stereocenters. The third-order valence-electron chi connectivity index (χ3n) is 5.21. The van der Waals surface area contributed by atoms with E-state index in [1.807, 2.05) is 61.0 Å². The molecule has 0 saturated heterocycles. The molecule has 5 nitrogen and oxygen atoms in total. The Morgan fingerprint density at radius 1 is 0.964 bits per heavy atom. The molecule has 3 aromatic carbocycles. The number of rotatable bonds is 4. The minimum Gasteiger partial charge on any atom is -0.322 e. The zero-order valence-electron chi connectivity index (χ0n) is 16.2. The van der Waals surface area contributed by atoms with Crippen molar-refractivity contribution in [2.24, 2.45) is 0 Å². The van der Waals surface area contributed by atoms with E-state index in [0.717, 1.165) is 22.3 Å². The van der Waals surface area contributed by atoms with Crippen LogP contribution in [0.1, 0.15) is 32.6 Å². The van der Waals surface area contributed by atoms with E-state index in [0.29, 0.717) is 17.6 Å². The summed E-state index contributed by atoms with van der Waals surface area (Å²) in [7, 11) is 0. The van der Waals surface area contributed by atoms with Gasteiger partial charge in [-0.2, -0.15) is 0 Å². The number of carbonyl (C=O) groups excluding carboxylic acids is 1. The van der Waals surface area contributed by atoms with Crippen LogP contribution < -0.4 is 5.32 Å². The van der Waals surface area contributed by atoms with E-state index < -0.39 is 0 Å². The van der Waals surface area contributed by atoms with E-state index in [9.17, 15) is 4.79 Å². The first kappa shape index (κ1) is 17.9. The van der Waals surface area contributed by atoms with E-state index in [1.165, 1.54) is 11.1 Å². The van der Waals surface area contributed by atoms with Crippen molar-refractivity contribution < 1.29 is 4.79 Å². The Hall–Kier alpha value is -3.47. The highest BCUT2D eigenvalue weighted by molar-refractivity contribution is 6.06. The summed E-state index contributed by atoms with van der Waals surface area (Å²) in [5, 5.41) is 11.5. The monoisotopic (exact) mass is 370 g/mol. The Morgan fingerprint density at radius 2 is 1.75 bits per heavy atom. The lowest BCUT2D eigenvalue weighted by Gasteiger charge is -2.10. The van der Waals surface area contributed by atoms with E-state index in [1.54, 1.807) is 6.07 Å². The number of carbonyl (C=O) groups is 1. The standard InChI is InChI=1S/C23H22N4O/c1-15-8-6-10-20(17(15)3)24-23(28)18-11-12-22-21(13-18)25-26-27(22)14-19-9-5-4-7-16(19)2/h4-13H,14H2,1-3H3,(H,24,28). The molecule has 0 atom stereocenters. The second kappa shape index (κ2) is 7.27. The summed E-state index contributed by atoms with van der Waals surface area (Å²) in [6.07, 6.45) is 0. The molecule has 1 amide bonds. The molecule has 4 aromatic rings. The van der Waals surface area contributed by atoms with E-state index in [4.69, 9.17) is 0 Å². The highest BCUT2D eigenvalue weighted by atomic mass is 16.1. The number of nitrogens with one attached hydrogen (secondary N) is 1. The Bertz CT molecular complexity index is 1180. The lowest BCUT2D eigenvalue weighted by molar-refractivity contribution is 0.102. The van der Waals surface area contributed by atoms with Gasteiger partial charge in [-0.25, -0.2) is 4.68 Å². The van der Waals surface area contributed by atoms with Gasteiger partial charge in [-0.05, 0) is 67.3 Å². The molecule has 0 aliphatic rings. The highest BCUT2D eigenvalue weighted by Gasteiger charge is 2.12. The molecular formula is C23H22N4O. The number of amides is 1. The van der Waals surface area contributed by atoms with Crippen LogP contribution in [-0.2, 0) is 6.54 Å². The topological polar surface area (TPSA) is 59.8 Å². The maximum absolute atomic E-state index is 12.7. The molecule has 0 bridgehead atoms. The molecule has 0 spiro atoms. The van der Waals surface area contributed by atoms with Crippen molar-refractivity contribution in [3.05, 3.63) is 88.5 Å². The minimum atomic E-state index is -0.149. The number of benzene rings is 3. The normalized spacial score (nSPS) is 11.0. The van der Waals surface area contributed by atoms with Gasteiger partial charge in [-0.15, -0.1) is 5.10 Å². The number of hydrogen-bond donors (Lipinski definition) is 1. The lowest BCUT2D eigenvalue weighted by Crippen LogP contribution is -2.13. The molecule has 1 heterocycles. The quantitative estimate of drug-likeness (QED) is 0.568. The molecular weight excluding hydrogens is 348 g/mol. The summed E-state index contributed by atoms with van der Waals surface area (Å²) in [5.74, 6) is -0.149. The average molecular weight is 370 g/mol. The van der Waals surface area contributed by atoms with Crippen molar-refractivity contribution >= 4 is 22.6 Å². The van der Waals surface area contributed by atoms with Crippen molar-refractivity contribution in [1.82, 2.24) is 15.0 Å². The van der Waals surface area contributed by atoms with Gasteiger partial charge in [0.1, 0.15) is 5.52 Å². The average Bonchev–Trinajstić information content (AvgIpc) is 3.09. The van der Waals surface area contributed by atoms with Crippen molar-refractivity contribution in [1.29, 1.82) is 0 Å². The van der Waals surface area contributed by atoms with Crippen molar-refractivity contribution in [2.75, 3.05) is 5.32 Å². The van der Waals surface area contributed by atoms with E-state index in [2.05, 4.69) is 34.7 Å². The van der Waals surface area contributed by atoms with Gasteiger partial charge in [0, 0.05) is 11.3 Å². The van der Waals surface area contributed by atoms with Crippen LogP contribution >= 0.6 is 0 Å². The summed E-state index contributed by atoms with van der Waals surface area (Å²) in [6.45, 7) is 6.77. The van der Waals surface area contributed by atoms with Crippen LogP contribution in [0.3, 0.4) is 0 Å². The van der Waals surface area contributed by atoms with E-state index >= 15 is 0 Å². The number of aryl methyl sites for hydroxylation is 2. The van der Waals surface area contributed by atoms with Gasteiger partial charge in [0.2, 0.25) is 0 Å². The maximum atomic E-state index is 12.7. The van der Waals surface area contributed by atoms with Gasteiger partial charge in [0.05, 0.1) is 12.1 Å². The highest BCUT2D eigenvalue weighted by Crippen LogP contribution is 2.21. The molecule has 0 radical (unpaired) electrons. The van der Waals surface area contributed by atoms with Crippen LogP contribution in [0, 0.1) is 20.8 Å². The van der Waals surface area contributed by atoms with Crippen LogP contribution in [0.15, 0.2) is 60.7 Å². The van der Waals surface area contributed by atoms with Crippen molar-refractivity contribution in [2.45, 2.75) is 27.3 Å². The molecule has 28 heavy (non-hydrogen) atoms. The van der Waals surface area contributed by atoms with Crippen LogP contribution in [0.2, 0.25) is 0 Å². The molecule has 0 aliphatic carbocycles. The first-order chi connectivity index (χ1) is 13.5. The smallest absolute Gasteiger partial charge is 0.255 e. The first-order valence-corrected chi connectivity index (χ1v) is 9.28. The SMILES string of the molecule is Cc1ccccc1Cn1nnc2cc(C(=O)Nc3cccc(C)c3C)ccc21. The zero-order valence-corrected chi connectivity index (χ0v) is 16.2. The summed E-state index contributed by atoms with van der Waals surface area (Å²) >= 11 is 0. The number of fused-ring (bicyclic) bond motifs is 1. The Balaban J connectivity index is 1.59. The third kappa shape index (κ3) is 3.39. The molecule has 1 N–H and O–H groups in total. The van der Waals surface area contributed by atoms with Crippen molar-refractivity contribution in [3.63, 3.8) is 0 Å². The molecule has 140 valence electrons. The number of anilines is 1. The Kier molecular flexibility index (Phi) is 4.65. The fraction of sp³-hybridized carbons (Fsp3) is 0.174. The molecule has 1 aromatic heterocycles. The number of aromatic nitrogens is 3. The molecule has 5 heteroatoms. The van der Waals surface area contributed by atoms with E-state index in [-0.39, 0.29) is 5.91 Å². The van der Waals surface area contributed by atoms with Crippen LogP contribution in [0.4, 0.5) is 5.69 Å². The summed E-state index contributed by atoms with van der Waals surface area (Å²) in [4.78, 5) is 12.7. The van der Waals surface area contributed by atoms with Gasteiger partial charge in [-0.3, -0.25) is 4.79 Å². The minimum absolute atomic E-state index is 0.149. The second-order valence-corrected chi connectivity index (χ2v) is 7.08. The fourth-order valence-electron chi connectivity index (χ4n) is 3.26. The van der Waals surface area contributed by atoms with Crippen LogP contribution in [0.25, 0.3) is 11.0 Å². The molecule has 4 rings (SSSR count). The van der Waals surface area contributed by atoms with Crippen molar-refractivity contribution in [3.8, 4) is 0 Å². The molecule has 0 saturated carbocycles. The fourth-order valence-corrected chi connectivity index (χ4v) is 3.26. The molecule has 0 fully saturated rings. The first-order valence-electron chi connectivity index (χ1n) is 9.28. The maximum Gasteiger partial charge on any atom is 0.255 e.